The lowest BCUT2D eigenvalue weighted by molar-refractivity contribution is -0.137. The van der Waals surface area contributed by atoms with Gasteiger partial charge in [0.15, 0.2) is 5.96 Å². The molecule has 0 saturated carbocycles. The fourth-order valence-corrected chi connectivity index (χ4v) is 3.43. The number of hydrogen-bond acceptors (Lipinski definition) is 3. The molecule has 0 aliphatic carbocycles. The molecule has 0 aromatic heterocycles. The fraction of sp³-hybridized carbons (Fsp3) is 0.350. The number of alkyl halides is 3. The Hall–Kier alpha value is -2.59. The smallest absolute Gasteiger partial charge is 0.357 e. The SMILES string of the molecule is CCNC(=NCc1cccc(CS(=O)(=O)NC)c1)NCc1cccc(C(F)(F)F)c1. The van der Waals surface area contributed by atoms with Crippen LogP contribution in [0.5, 0.6) is 0 Å². The Balaban J connectivity index is 2.06. The van der Waals surface area contributed by atoms with Gasteiger partial charge in [0.2, 0.25) is 10.0 Å². The van der Waals surface area contributed by atoms with Crippen LogP contribution in [0.25, 0.3) is 0 Å². The first-order valence-electron chi connectivity index (χ1n) is 9.30. The van der Waals surface area contributed by atoms with E-state index in [1.54, 1.807) is 24.3 Å². The largest absolute Gasteiger partial charge is 0.416 e. The van der Waals surface area contributed by atoms with Gasteiger partial charge in [-0.2, -0.15) is 13.2 Å². The summed E-state index contributed by atoms with van der Waals surface area (Å²) >= 11 is 0. The van der Waals surface area contributed by atoms with Crippen molar-refractivity contribution < 1.29 is 21.6 Å². The standard InChI is InChI=1S/C20H25F3N4O2S/c1-3-25-19(27-13-16-7-5-9-18(11-16)20(21,22)23)26-12-15-6-4-8-17(10-15)14-30(28,29)24-2/h4-11,24H,3,12-14H2,1-2H3,(H2,25,26,27). The van der Waals surface area contributed by atoms with E-state index >= 15 is 0 Å². The van der Waals surface area contributed by atoms with Crippen molar-refractivity contribution in [2.75, 3.05) is 13.6 Å². The monoisotopic (exact) mass is 442 g/mol. The van der Waals surface area contributed by atoms with Crippen molar-refractivity contribution in [3.63, 3.8) is 0 Å². The van der Waals surface area contributed by atoms with Crippen LogP contribution in [0.15, 0.2) is 53.5 Å². The molecule has 0 aliphatic rings. The summed E-state index contributed by atoms with van der Waals surface area (Å²) in [6.45, 7) is 2.92. The molecule has 6 nitrogen and oxygen atoms in total. The highest BCUT2D eigenvalue weighted by Crippen LogP contribution is 2.29. The van der Waals surface area contributed by atoms with E-state index in [1.807, 2.05) is 13.0 Å². The van der Waals surface area contributed by atoms with Gasteiger partial charge in [-0.05, 0) is 42.8 Å². The Morgan fingerprint density at radius 2 is 1.67 bits per heavy atom. The second-order valence-electron chi connectivity index (χ2n) is 6.53. The van der Waals surface area contributed by atoms with Gasteiger partial charge in [-0.25, -0.2) is 18.1 Å². The molecule has 2 aromatic rings. The predicted molar refractivity (Wildman–Crippen MR) is 111 cm³/mol. The maximum atomic E-state index is 12.9. The van der Waals surface area contributed by atoms with Gasteiger partial charge in [-0.1, -0.05) is 36.4 Å². The van der Waals surface area contributed by atoms with Crippen molar-refractivity contribution in [1.29, 1.82) is 0 Å². The average Bonchev–Trinajstić information content (AvgIpc) is 2.69. The zero-order valence-electron chi connectivity index (χ0n) is 16.8. The average molecular weight is 443 g/mol. The van der Waals surface area contributed by atoms with Crippen LogP contribution in [-0.2, 0) is 35.0 Å². The van der Waals surface area contributed by atoms with E-state index in [9.17, 15) is 21.6 Å². The molecule has 0 radical (unpaired) electrons. The summed E-state index contributed by atoms with van der Waals surface area (Å²) in [7, 11) is -2.01. The van der Waals surface area contributed by atoms with Crippen molar-refractivity contribution in [2.24, 2.45) is 4.99 Å². The summed E-state index contributed by atoms with van der Waals surface area (Å²) in [4.78, 5) is 4.43. The van der Waals surface area contributed by atoms with Gasteiger partial charge < -0.3 is 10.6 Å². The second-order valence-corrected chi connectivity index (χ2v) is 8.46. The van der Waals surface area contributed by atoms with Gasteiger partial charge in [0.1, 0.15) is 0 Å². The van der Waals surface area contributed by atoms with Crippen molar-refractivity contribution in [3.8, 4) is 0 Å². The van der Waals surface area contributed by atoms with Crippen molar-refractivity contribution >= 4 is 16.0 Å². The second kappa shape index (κ2) is 10.4. The fourth-order valence-electron chi connectivity index (χ4n) is 2.66. The van der Waals surface area contributed by atoms with Gasteiger partial charge in [-0.3, -0.25) is 0 Å². The Kier molecular flexibility index (Phi) is 8.24. The molecule has 0 heterocycles. The third-order valence-electron chi connectivity index (χ3n) is 4.14. The lowest BCUT2D eigenvalue weighted by atomic mass is 10.1. The van der Waals surface area contributed by atoms with Gasteiger partial charge in [0.05, 0.1) is 17.9 Å². The van der Waals surface area contributed by atoms with E-state index in [0.717, 1.165) is 17.7 Å². The lowest BCUT2D eigenvalue weighted by Gasteiger charge is -2.13. The summed E-state index contributed by atoms with van der Waals surface area (Å²) < 4.78 is 64.3. The van der Waals surface area contributed by atoms with E-state index in [1.165, 1.54) is 13.1 Å². The lowest BCUT2D eigenvalue weighted by Crippen LogP contribution is -2.36. The van der Waals surface area contributed by atoms with E-state index < -0.39 is 21.8 Å². The number of hydrogen-bond donors (Lipinski definition) is 3. The Bertz CT molecular complexity index is 976. The number of benzene rings is 2. The molecule has 0 atom stereocenters. The molecule has 2 aromatic carbocycles. The minimum absolute atomic E-state index is 0.130. The molecule has 0 bridgehead atoms. The third-order valence-corrected chi connectivity index (χ3v) is 5.47. The zero-order valence-corrected chi connectivity index (χ0v) is 17.6. The van der Waals surface area contributed by atoms with Gasteiger partial charge in [-0.15, -0.1) is 0 Å². The van der Waals surface area contributed by atoms with Gasteiger partial charge in [0, 0.05) is 13.1 Å². The Morgan fingerprint density at radius 3 is 2.33 bits per heavy atom. The zero-order chi connectivity index (χ0) is 22.2. The number of aliphatic imine (C=N–C) groups is 1. The normalized spacial score (nSPS) is 12.6. The van der Waals surface area contributed by atoms with Crippen molar-refractivity contribution in [3.05, 3.63) is 70.8 Å². The number of halogens is 3. The van der Waals surface area contributed by atoms with E-state index in [0.29, 0.717) is 23.6 Å². The summed E-state index contributed by atoms with van der Waals surface area (Å²) in [6.07, 6.45) is -4.39. The van der Waals surface area contributed by atoms with Gasteiger partial charge in [0.25, 0.3) is 0 Å². The minimum Gasteiger partial charge on any atom is -0.357 e. The highest BCUT2D eigenvalue weighted by molar-refractivity contribution is 7.88. The van der Waals surface area contributed by atoms with E-state index in [-0.39, 0.29) is 18.8 Å². The highest BCUT2D eigenvalue weighted by atomic mass is 32.2. The first-order valence-corrected chi connectivity index (χ1v) is 11.0. The molecule has 164 valence electrons. The maximum Gasteiger partial charge on any atom is 0.416 e. The van der Waals surface area contributed by atoms with Crippen LogP contribution in [-0.4, -0.2) is 28.0 Å². The molecule has 3 N–H and O–H groups in total. The molecule has 2 rings (SSSR count). The van der Waals surface area contributed by atoms with Crippen LogP contribution in [0.4, 0.5) is 13.2 Å². The Labute approximate surface area is 174 Å². The van der Waals surface area contributed by atoms with Crippen LogP contribution >= 0.6 is 0 Å². The highest BCUT2D eigenvalue weighted by Gasteiger charge is 2.30. The predicted octanol–water partition coefficient (Wildman–Crippen LogP) is 3.01. The van der Waals surface area contributed by atoms with Crippen LogP contribution in [0.2, 0.25) is 0 Å². The number of guanidine groups is 1. The minimum atomic E-state index is -4.39. The molecule has 0 saturated heterocycles. The summed E-state index contributed by atoms with van der Waals surface area (Å²) in [6, 6.07) is 12.2. The summed E-state index contributed by atoms with van der Waals surface area (Å²) in [5, 5.41) is 6.05. The van der Waals surface area contributed by atoms with Crippen molar-refractivity contribution in [1.82, 2.24) is 15.4 Å². The van der Waals surface area contributed by atoms with Crippen LogP contribution < -0.4 is 15.4 Å². The number of nitrogens with zero attached hydrogens (tertiary/aromatic N) is 1. The van der Waals surface area contributed by atoms with Crippen molar-refractivity contribution in [2.45, 2.75) is 31.9 Å². The maximum absolute atomic E-state index is 12.9. The first kappa shape index (κ1) is 23.7. The molecule has 0 unspecified atom stereocenters. The summed E-state index contributed by atoms with van der Waals surface area (Å²) in [5.41, 5.74) is 1.24. The van der Waals surface area contributed by atoms with Crippen LogP contribution in [0.3, 0.4) is 0 Å². The Morgan fingerprint density at radius 1 is 1.00 bits per heavy atom. The topological polar surface area (TPSA) is 82.6 Å². The molecule has 10 heteroatoms. The van der Waals surface area contributed by atoms with Crippen LogP contribution in [0, 0.1) is 0 Å². The molecule has 0 aliphatic heterocycles. The molecule has 0 amide bonds. The number of sulfonamides is 1. The third kappa shape index (κ3) is 7.68. The molecule has 0 fully saturated rings. The molecule has 30 heavy (non-hydrogen) atoms. The summed E-state index contributed by atoms with van der Waals surface area (Å²) in [5.74, 6) is 0.317. The molecule has 0 spiro atoms. The quantitative estimate of drug-likeness (QED) is 0.434. The molecular formula is C20H25F3N4O2S. The van der Waals surface area contributed by atoms with E-state index in [2.05, 4.69) is 20.3 Å². The number of rotatable bonds is 8. The molecular weight excluding hydrogens is 417 g/mol. The number of nitrogens with one attached hydrogen (secondary N) is 3. The van der Waals surface area contributed by atoms with Gasteiger partial charge >= 0.3 is 6.18 Å². The van der Waals surface area contributed by atoms with Crippen LogP contribution in [0.1, 0.15) is 29.2 Å². The van der Waals surface area contributed by atoms with E-state index in [4.69, 9.17) is 0 Å². The first-order chi connectivity index (χ1) is 14.1.